The third kappa shape index (κ3) is 6.28. The topological polar surface area (TPSA) is 122 Å². The molecule has 36 heavy (non-hydrogen) atoms. The number of aryl methyl sites for hydroxylation is 1. The Hall–Kier alpha value is -3.72. The minimum atomic E-state index is -5.08. The zero-order valence-corrected chi connectivity index (χ0v) is 19.3. The highest BCUT2D eigenvalue weighted by molar-refractivity contribution is 7.15. The Balaban J connectivity index is 0.000000454. The molecule has 9 nitrogen and oxygen atoms in total. The molecular formula is C21H19F5N4O5S. The van der Waals surface area contributed by atoms with E-state index in [4.69, 9.17) is 25.1 Å². The maximum Gasteiger partial charge on any atom is 0.490 e. The van der Waals surface area contributed by atoms with Crippen molar-refractivity contribution in [3.63, 3.8) is 0 Å². The van der Waals surface area contributed by atoms with Crippen LogP contribution in [0.2, 0.25) is 0 Å². The first-order valence-electron chi connectivity index (χ1n) is 10.1. The number of alkyl halides is 3. The molecule has 3 heterocycles. The summed E-state index contributed by atoms with van der Waals surface area (Å²) in [5.41, 5.74) is 6.56. The predicted octanol–water partition coefficient (Wildman–Crippen LogP) is 3.60. The zero-order chi connectivity index (χ0) is 26.6. The number of hydrogen-bond donors (Lipinski definition) is 2. The van der Waals surface area contributed by atoms with Crippen molar-refractivity contribution >= 4 is 17.3 Å². The first-order valence-corrected chi connectivity index (χ1v) is 10.9. The molecule has 0 amide bonds. The molecule has 0 radical (unpaired) electrons. The maximum atomic E-state index is 12.8. The van der Waals surface area contributed by atoms with E-state index < -0.39 is 23.9 Å². The number of hydrogen-bond acceptors (Lipinski definition) is 7. The number of fused-ring (bicyclic) bond motifs is 1. The van der Waals surface area contributed by atoms with E-state index >= 15 is 0 Å². The molecule has 3 N–H and O–H groups in total. The van der Waals surface area contributed by atoms with Crippen molar-refractivity contribution in [2.75, 3.05) is 13.3 Å². The lowest BCUT2D eigenvalue weighted by molar-refractivity contribution is -0.192. The molecule has 0 spiro atoms. The Kier molecular flexibility index (Phi) is 8.14. The van der Waals surface area contributed by atoms with Crippen molar-refractivity contribution in [2.24, 2.45) is 5.73 Å². The fraction of sp³-hybridized carbons (Fsp3) is 0.286. The molecule has 194 valence electrons. The van der Waals surface area contributed by atoms with Crippen molar-refractivity contribution in [3.05, 3.63) is 63.2 Å². The highest BCUT2D eigenvalue weighted by Gasteiger charge is 2.38. The molecule has 4 rings (SSSR count). The minimum absolute atomic E-state index is 0.216. The summed E-state index contributed by atoms with van der Waals surface area (Å²) < 4.78 is 70.5. The Morgan fingerprint density at radius 2 is 1.89 bits per heavy atom. The zero-order valence-electron chi connectivity index (χ0n) is 18.5. The number of ether oxygens (including phenoxy) is 2. The molecule has 0 saturated carbocycles. The van der Waals surface area contributed by atoms with Gasteiger partial charge in [-0.1, -0.05) is 0 Å². The van der Waals surface area contributed by atoms with E-state index in [9.17, 15) is 26.7 Å². The molecule has 2 aromatic heterocycles. The molecule has 0 atom stereocenters. The Morgan fingerprint density at radius 3 is 2.50 bits per heavy atom. The van der Waals surface area contributed by atoms with Gasteiger partial charge in [-0.15, -0.1) is 11.3 Å². The summed E-state index contributed by atoms with van der Waals surface area (Å²) in [5.74, 6) is -1.33. The molecular weight excluding hydrogens is 515 g/mol. The number of aromatic nitrogens is 3. The summed E-state index contributed by atoms with van der Waals surface area (Å²) in [7, 11) is 0. The van der Waals surface area contributed by atoms with E-state index in [0.717, 1.165) is 31.3 Å². The van der Waals surface area contributed by atoms with Crippen molar-refractivity contribution in [2.45, 2.75) is 26.2 Å². The highest BCUT2D eigenvalue weighted by atomic mass is 32.1. The third-order valence-corrected chi connectivity index (χ3v) is 6.16. The van der Waals surface area contributed by atoms with Crippen LogP contribution in [0.25, 0.3) is 10.4 Å². The van der Waals surface area contributed by atoms with E-state index in [1.54, 1.807) is 11.3 Å². The van der Waals surface area contributed by atoms with Gasteiger partial charge in [0.25, 0.3) is 6.08 Å². The fourth-order valence-electron chi connectivity index (χ4n) is 2.99. The number of nitrogens with two attached hydrogens (primary N) is 1. The average molecular weight is 534 g/mol. The standard InChI is InChI=1S/C19H18F2N4O3S.C2HF3O2/c1-11-4-16(12-2-3-14-15(5-12)28-10-27-14)29-17(11)8-24-9-23-25(19(24)26)7-13(6-22)18(20)21;3-2(4,5)1(6)7/h2-5,9H,6-8,10,22H2,1H3;(H,6,7). The lowest BCUT2D eigenvalue weighted by Gasteiger charge is -2.03. The van der Waals surface area contributed by atoms with Crippen molar-refractivity contribution < 1.29 is 41.3 Å². The quantitative estimate of drug-likeness (QED) is 0.464. The van der Waals surface area contributed by atoms with E-state index in [0.29, 0.717) is 12.3 Å². The highest BCUT2D eigenvalue weighted by Crippen LogP contribution is 2.39. The van der Waals surface area contributed by atoms with Gasteiger partial charge in [0.2, 0.25) is 6.79 Å². The molecule has 0 saturated heterocycles. The third-order valence-electron chi connectivity index (χ3n) is 4.89. The molecule has 1 aliphatic heterocycles. The number of thiophene rings is 1. The van der Waals surface area contributed by atoms with Gasteiger partial charge >= 0.3 is 17.8 Å². The van der Waals surface area contributed by atoms with Crippen molar-refractivity contribution in [1.82, 2.24) is 14.3 Å². The van der Waals surface area contributed by atoms with E-state index in [-0.39, 0.29) is 25.5 Å². The van der Waals surface area contributed by atoms with Crippen LogP contribution in [0.3, 0.4) is 0 Å². The summed E-state index contributed by atoms with van der Waals surface area (Å²) in [5, 5.41) is 11.1. The average Bonchev–Trinajstić information content (AvgIpc) is 3.51. The first-order chi connectivity index (χ1) is 16.9. The largest absolute Gasteiger partial charge is 0.490 e. The van der Waals surface area contributed by atoms with Crippen molar-refractivity contribution in [3.8, 4) is 21.9 Å². The molecule has 0 fully saturated rings. The smallest absolute Gasteiger partial charge is 0.475 e. The van der Waals surface area contributed by atoms with Crippen LogP contribution in [0, 0.1) is 6.92 Å². The Bertz CT molecular complexity index is 1340. The second-order valence-corrected chi connectivity index (χ2v) is 8.49. The first kappa shape index (κ1) is 26.9. The molecule has 0 unspecified atom stereocenters. The molecule has 1 aromatic carbocycles. The van der Waals surface area contributed by atoms with Gasteiger partial charge in [-0.05, 0) is 42.3 Å². The molecule has 3 aromatic rings. The number of benzene rings is 1. The summed E-state index contributed by atoms with van der Waals surface area (Å²) in [6.07, 6.45) is -5.61. The van der Waals surface area contributed by atoms with Crippen LogP contribution in [0.15, 0.2) is 47.0 Å². The lowest BCUT2D eigenvalue weighted by atomic mass is 10.1. The van der Waals surface area contributed by atoms with Crippen LogP contribution >= 0.6 is 11.3 Å². The van der Waals surface area contributed by atoms with Gasteiger partial charge < -0.3 is 20.3 Å². The predicted molar refractivity (Wildman–Crippen MR) is 118 cm³/mol. The van der Waals surface area contributed by atoms with Crippen LogP contribution < -0.4 is 20.9 Å². The van der Waals surface area contributed by atoms with E-state index in [2.05, 4.69) is 5.10 Å². The second kappa shape index (κ2) is 10.9. The fourth-order valence-corrected chi connectivity index (χ4v) is 4.16. The summed E-state index contributed by atoms with van der Waals surface area (Å²) in [6.45, 7) is 1.83. The van der Waals surface area contributed by atoms with Crippen LogP contribution in [0.5, 0.6) is 11.5 Å². The summed E-state index contributed by atoms with van der Waals surface area (Å²) in [6, 6.07) is 7.79. The normalized spacial score (nSPS) is 12.2. The van der Waals surface area contributed by atoms with Crippen LogP contribution in [-0.4, -0.2) is 44.9 Å². The number of carbonyl (C=O) groups is 1. The number of aliphatic carboxylic acids is 1. The molecule has 15 heteroatoms. The molecule has 0 aliphatic carbocycles. The second-order valence-electron chi connectivity index (χ2n) is 7.35. The number of nitrogens with zero attached hydrogens (tertiary/aromatic N) is 3. The van der Waals surface area contributed by atoms with Gasteiger partial charge in [-0.2, -0.15) is 27.1 Å². The SMILES string of the molecule is Cc1cc(-c2ccc3c(c2)OCO3)sc1Cn1cnn(CC(CN)=C(F)F)c1=O.O=C(O)C(F)(F)F. The van der Waals surface area contributed by atoms with E-state index in [1.807, 2.05) is 31.2 Å². The van der Waals surface area contributed by atoms with Crippen LogP contribution in [0.4, 0.5) is 22.0 Å². The number of carboxylic acids is 1. The lowest BCUT2D eigenvalue weighted by Crippen LogP contribution is -2.27. The van der Waals surface area contributed by atoms with Crippen LogP contribution in [0.1, 0.15) is 10.4 Å². The van der Waals surface area contributed by atoms with Gasteiger partial charge in [0.1, 0.15) is 6.33 Å². The Labute approximate surface area is 203 Å². The van der Waals surface area contributed by atoms with E-state index in [1.165, 1.54) is 10.9 Å². The maximum absolute atomic E-state index is 12.8. The minimum Gasteiger partial charge on any atom is -0.475 e. The Morgan fingerprint density at radius 1 is 1.22 bits per heavy atom. The number of rotatable bonds is 6. The summed E-state index contributed by atoms with van der Waals surface area (Å²) in [4.78, 5) is 23.4. The van der Waals surface area contributed by atoms with Gasteiger partial charge in [0.05, 0.1) is 13.1 Å². The van der Waals surface area contributed by atoms with Crippen LogP contribution in [-0.2, 0) is 17.9 Å². The number of carboxylic acid groups (broad SMARTS) is 1. The van der Waals surface area contributed by atoms with Gasteiger partial charge in [-0.25, -0.2) is 14.3 Å². The van der Waals surface area contributed by atoms with Gasteiger partial charge in [0.15, 0.2) is 11.5 Å². The monoisotopic (exact) mass is 534 g/mol. The van der Waals surface area contributed by atoms with Gasteiger partial charge in [-0.3, -0.25) is 4.57 Å². The molecule has 0 bridgehead atoms. The summed E-state index contributed by atoms with van der Waals surface area (Å²) >= 11 is 1.55. The van der Waals surface area contributed by atoms with Gasteiger partial charge in [0, 0.05) is 21.9 Å². The number of halogens is 5. The molecule has 1 aliphatic rings. The van der Waals surface area contributed by atoms with Crippen molar-refractivity contribution in [1.29, 1.82) is 0 Å².